The second kappa shape index (κ2) is 6.57. The van der Waals surface area contributed by atoms with Gasteiger partial charge in [0, 0.05) is 0 Å². The summed E-state index contributed by atoms with van der Waals surface area (Å²) in [4.78, 5) is 10.6. The Bertz CT molecular complexity index is 445. The largest absolute Gasteiger partial charge is 0.494 e. The molecule has 4 nitrogen and oxygen atoms in total. The van der Waals surface area contributed by atoms with Gasteiger partial charge in [-0.25, -0.2) is 0 Å². The average molecular weight is 263 g/mol. The van der Waals surface area contributed by atoms with Gasteiger partial charge in [-0.05, 0) is 61.8 Å². The minimum absolute atomic E-state index is 0.445. The Balaban J connectivity index is 1.78. The van der Waals surface area contributed by atoms with Crippen LogP contribution in [0.4, 0.5) is 0 Å². The van der Waals surface area contributed by atoms with E-state index in [0.29, 0.717) is 19.4 Å². The van der Waals surface area contributed by atoms with E-state index < -0.39 is 12.0 Å². The minimum atomic E-state index is -0.950. The zero-order valence-corrected chi connectivity index (χ0v) is 11.1. The van der Waals surface area contributed by atoms with Crippen LogP contribution in [-0.4, -0.2) is 23.7 Å². The van der Waals surface area contributed by atoms with E-state index in [1.54, 1.807) is 0 Å². The lowest BCUT2D eigenvalue weighted by atomic mass is 9.92. The molecule has 3 N–H and O–H groups in total. The first-order valence-corrected chi connectivity index (χ1v) is 6.90. The molecule has 0 aliphatic heterocycles. The van der Waals surface area contributed by atoms with Gasteiger partial charge in [0.05, 0.1) is 6.61 Å². The maximum Gasteiger partial charge on any atom is 0.320 e. The molecule has 0 amide bonds. The van der Waals surface area contributed by atoms with Crippen molar-refractivity contribution in [2.75, 3.05) is 6.61 Å². The van der Waals surface area contributed by atoms with Gasteiger partial charge >= 0.3 is 5.97 Å². The van der Waals surface area contributed by atoms with E-state index in [1.807, 2.05) is 6.07 Å². The molecule has 104 valence electrons. The van der Waals surface area contributed by atoms with Crippen molar-refractivity contribution in [2.24, 2.45) is 5.73 Å². The van der Waals surface area contributed by atoms with Gasteiger partial charge in [0.15, 0.2) is 0 Å². The van der Waals surface area contributed by atoms with E-state index in [-0.39, 0.29) is 0 Å². The molecule has 0 fully saturated rings. The lowest BCUT2D eigenvalue weighted by Crippen LogP contribution is -2.30. The lowest BCUT2D eigenvalue weighted by Gasteiger charge is -2.17. The topological polar surface area (TPSA) is 72.5 Å². The van der Waals surface area contributed by atoms with Crippen molar-refractivity contribution >= 4 is 5.97 Å². The summed E-state index contributed by atoms with van der Waals surface area (Å²) in [5.41, 5.74) is 8.26. The van der Waals surface area contributed by atoms with Gasteiger partial charge in [0.2, 0.25) is 0 Å². The number of aryl methyl sites for hydroxylation is 2. The Morgan fingerprint density at radius 3 is 2.79 bits per heavy atom. The highest BCUT2D eigenvalue weighted by atomic mass is 16.5. The Kier molecular flexibility index (Phi) is 4.80. The van der Waals surface area contributed by atoms with Gasteiger partial charge < -0.3 is 15.6 Å². The van der Waals surface area contributed by atoms with Crippen molar-refractivity contribution in [3.8, 4) is 5.75 Å². The van der Waals surface area contributed by atoms with Crippen LogP contribution >= 0.6 is 0 Å². The number of rotatable bonds is 6. The molecule has 0 spiro atoms. The molecular formula is C15H21NO3. The summed E-state index contributed by atoms with van der Waals surface area (Å²) in [6.45, 7) is 0.514. The number of hydrogen-bond donors (Lipinski definition) is 2. The lowest BCUT2D eigenvalue weighted by molar-refractivity contribution is -0.138. The number of carbonyl (C=O) groups is 1. The molecule has 1 aromatic carbocycles. The number of aliphatic carboxylic acids is 1. The Hall–Kier alpha value is -1.55. The molecule has 0 bridgehead atoms. The molecule has 0 radical (unpaired) electrons. The van der Waals surface area contributed by atoms with Gasteiger partial charge in [-0.15, -0.1) is 0 Å². The average Bonchev–Trinajstić information content (AvgIpc) is 2.43. The second-order valence-corrected chi connectivity index (χ2v) is 5.07. The highest BCUT2D eigenvalue weighted by molar-refractivity contribution is 5.72. The summed E-state index contributed by atoms with van der Waals surface area (Å²) < 4.78 is 5.65. The Morgan fingerprint density at radius 1 is 1.32 bits per heavy atom. The van der Waals surface area contributed by atoms with Crippen LogP contribution in [0.2, 0.25) is 0 Å². The van der Waals surface area contributed by atoms with Crippen LogP contribution in [0.25, 0.3) is 0 Å². The van der Waals surface area contributed by atoms with E-state index in [1.165, 1.54) is 30.4 Å². The first kappa shape index (κ1) is 13.9. The SMILES string of the molecule is NC(CCCOc1ccc2c(c1)CCCC2)C(=O)O. The van der Waals surface area contributed by atoms with E-state index in [2.05, 4.69) is 12.1 Å². The van der Waals surface area contributed by atoms with Crippen molar-refractivity contribution in [1.29, 1.82) is 0 Å². The molecule has 1 aliphatic carbocycles. The van der Waals surface area contributed by atoms with Crippen LogP contribution < -0.4 is 10.5 Å². The van der Waals surface area contributed by atoms with Gasteiger partial charge in [-0.3, -0.25) is 4.79 Å². The second-order valence-electron chi connectivity index (χ2n) is 5.07. The zero-order chi connectivity index (χ0) is 13.7. The fourth-order valence-corrected chi connectivity index (χ4v) is 2.42. The quantitative estimate of drug-likeness (QED) is 0.771. The molecule has 4 heteroatoms. The summed E-state index contributed by atoms with van der Waals surface area (Å²) >= 11 is 0. The van der Waals surface area contributed by atoms with Crippen LogP contribution in [0, 0.1) is 0 Å². The highest BCUT2D eigenvalue weighted by Crippen LogP contribution is 2.25. The predicted molar refractivity (Wildman–Crippen MR) is 73.4 cm³/mol. The van der Waals surface area contributed by atoms with Crippen molar-refractivity contribution < 1.29 is 14.6 Å². The Morgan fingerprint density at radius 2 is 2.05 bits per heavy atom. The third-order valence-electron chi connectivity index (χ3n) is 3.57. The van der Waals surface area contributed by atoms with Crippen molar-refractivity contribution in [2.45, 2.75) is 44.6 Å². The highest BCUT2D eigenvalue weighted by Gasteiger charge is 2.11. The number of carboxylic acid groups (broad SMARTS) is 1. The van der Waals surface area contributed by atoms with Gasteiger partial charge in [0.25, 0.3) is 0 Å². The van der Waals surface area contributed by atoms with E-state index >= 15 is 0 Å². The molecule has 1 aliphatic rings. The standard InChI is InChI=1S/C15H21NO3/c16-14(15(17)18)6-3-9-19-13-8-7-11-4-1-2-5-12(11)10-13/h7-8,10,14H,1-6,9,16H2,(H,17,18). The van der Waals surface area contributed by atoms with Crippen LogP contribution in [0.3, 0.4) is 0 Å². The maximum atomic E-state index is 10.6. The molecule has 1 aromatic rings. The van der Waals surface area contributed by atoms with Gasteiger partial charge in [0.1, 0.15) is 11.8 Å². The van der Waals surface area contributed by atoms with E-state index in [4.69, 9.17) is 15.6 Å². The molecule has 19 heavy (non-hydrogen) atoms. The van der Waals surface area contributed by atoms with Crippen LogP contribution in [0.5, 0.6) is 5.75 Å². The summed E-state index contributed by atoms with van der Waals surface area (Å²) in [6.07, 6.45) is 5.94. The van der Waals surface area contributed by atoms with Crippen LogP contribution in [-0.2, 0) is 17.6 Å². The molecule has 0 saturated carbocycles. The molecule has 0 heterocycles. The summed E-state index contributed by atoms with van der Waals surface area (Å²) in [7, 11) is 0. The fraction of sp³-hybridized carbons (Fsp3) is 0.533. The maximum absolute atomic E-state index is 10.6. The number of ether oxygens (including phenoxy) is 1. The van der Waals surface area contributed by atoms with E-state index in [9.17, 15) is 4.79 Å². The smallest absolute Gasteiger partial charge is 0.320 e. The normalized spacial score (nSPS) is 15.6. The number of carboxylic acids is 1. The fourth-order valence-electron chi connectivity index (χ4n) is 2.42. The monoisotopic (exact) mass is 263 g/mol. The molecule has 1 unspecified atom stereocenters. The first-order chi connectivity index (χ1) is 9.16. The Labute approximate surface area is 113 Å². The molecule has 0 aromatic heterocycles. The summed E-state index contributed by atoms with van der Waals surface area (Å²) in [6, 6.07) is 5.48. The molecule has 0 saturated heterocycles. The summed E-state index contributed by atoms with van der Waals surface area (Å²) in [5.74, 6) is -0.0710. The van der Waals surface area contributed by atoms with Gasteiger partial charge in [-0.2, -0.15) is 0 Å². The third kappa shape index (κ3) is 3.96. The number of hydrogen-bond acceptors (Lipinski definition) is 3. The number of fused-ring (bicyclic) bond motifs is 1. The minimum Gasteiger partial charge on any atom is -0.494 e. The number of nitrogens with two attached hydrogens (primary N) is 1. The van der Waals surface area contributed by atoms with Crippen molar-refractivity contribution in [3.63, 3.8) is 0 Å². The molecular weight excluding hydrogens is 242 g/mol. The van der Waals surface area contributed by atoms with Crippen LogP contribution in [0.15, 0.2) is 18.2 Å². The van der Waals surface area contributed by atoms with E-state index in [0.717, 1.165) is 12.2 Å². The van der Waals surface area contributed by atoms with Crippen LogP contribution in [0.1, 0.15) is 36.8 Å². The molecule has 1 atom stereocenters. The predicted octanol–water partition coefficient (Wildman–Crippen LogP) is 2.14. The zero-order valence-electron chi connectivity index (χ0n) is 11.1. The van der Waals surface area contributed by atoms with Gasteiger partial charge in [-0.1, -0.05) is 6.07 Å². The third-order valence-corrected chi connectivity index (χ3v) is 3.57. The van der Waals surface area contributed by atoms with Crippen molar-refractivity contribution in [3.05, 3.63) is 29.3 Å². The summed E-state index contributed by atoms with van der Waals surface area (Å²) in [5, 5.41) is 8.66. The molecule has 2 rings (SSSR count). The number of benzene rings is 1. The van der Waals surface area contributed by atoms with Crippen molar-refractivity contribution in [1.82, 2.24) is 0 Å². The first-order valence-electron chi connectivity index (χ1n) is 6.90.